The number of hydrogen-bond donors (Lipinski definition) is 1. The molecule has 4 saturated carbocycles. The largest absolute Gasteiger partial charge is 0.355 e. The molecule has 0 saturated heterocycles. The van der Waals surface area contributed by atoms with Crippen LogP contribution in [0, 0.1) is 23.2 Å². The summed E-state index contributed by atoms with van der Waals surface area (Å²) in [7, 11) is 0. The van der Waals surface area contributed by atoms with Gasteiger partial charge in [0, 0.05) is 29.8 Å². The molecule has 0 spiro atoms. The predicted molar refractivity (Wildman–Crippen MR) is 108 cm³/mol. The van der Waals surface area contributed by atoms with Gasteiger partial charge in [-0.05, 0) is 67.7 Å². The van der Waals surface area contributed by atoms with Crippen LogP contribution in [0.25, 0.3) is 0 Å². The molecule has 5 heteroatoms. The molecule has 4 fully saturated rings. The lowest BCUT2D eigenvalue weighted by Gasteiger charge is -2.55. The van der Waals surface area contributed by atoms with Crippen molar-refractivity contribution < 1.29 is 9.59 Å². The van der Waals surface area contributed by atoms with E-state index in [1.807, 2.05) is 22.4 Å². The van der Waals surface area contributed by atoms with Crippen LogP contribution in [0.15, 0.2) is 30.2 Å². The number of rotatable bonds is 8. The Morgan fingerprint density at radius 1 is 1.22 bits per heavy atom. The third-order valence-electron chi connectivity index (χ3n) is 6.77. The highest BCUT2D eigenvalue weighted by Crippen LogP contribution is 2.60. The first kappa shape index (κ1) is 18.7. The van der Waals surface area contributed by atoms with Crippen LogP contribution < -0.4 is 5.32 Å². The Morgan fingerprint density at radius 2 is 1.89 bits per heavy atom. The number of thiophene rings is 1. The summed E-state index contributed by atoms with van der Waals surface area (Å²) in [6.45, 7) is 5.37. The Labute approximate surface area is 166 Å². The van der Waals surface area contributed by atoms with E-state index in [-0.39, 0.29) is 17.2 Å². The number of amides is 2. The molecule has 4 aliphatic carbocycles. The Balaban J connectivity index is 1.29. The second-order valence-electron chi connectivity index (χ2n) is 8.85. The summed E-state index contributed by atoms with van der Waals surface area (Å²) in [4.78, 5) is 28.6. The van der Waals surface area contributed by atoms with E-state index in [4.69, 9.17) is 0 Å². The molecule has 5 rings (SSSR count). The van der Waals surface area contributed by atoms with Gasteiger partial charge in [0.2, 0.25) is 11.8 Å². The van der Waals surface area contributed by atoms with Crippen LogP contribution in [0.2, 0.25) is 0 Å². The molecule has 1 aromatic heterocycles. The summed E-state index contributed by atoms with van der Waals surface area (Å²) < 4.78 is 0. The van der Waals surface area contributed by atoms with Crippen molar-refractivity contribution in [2.75, 3.05) is 13.1 Å². The van der Waals surface area contributed by atoms with Crippen molar-refractivity contribution in [3.63, 3.8) is 0 Å². The highest BCUT2D eigenvalue weighted by atomic mass is 32.1. The molecule has 0 radical (unpaired) electrons. The first-order valence-electron chi connectivity index (χ1n) is 10.3. The van der Waals surface area contributed by atoms with E-state index in [9.17, 15) is 9.59 Å². The minimum Gasteiger partial charge on any atom is -0.355 e. The van der Waals surface area contributed by atoms with E-state index in [0.717, 1.165) is 37.0 Å². The average Bonchev–Trinajstić information content (AvgIpc) is 3.13. The van der Waals surface area contributed by atoms with Gasteiger partial charge in [-0.15, -0.1) is 17.9 Å². The van der Waals surface area contributed by atoms with E-state index in [0.29, 0.717) is 26.1 Å². The van der Waals surface area contributed by atoms with Crippen LogP contribution in [0.1, 0.15) is 49.8 Å². The molecule has 4 aliphatic rings. The van der Waals surface area contributed by atoms with Crippen LogP contribution in [-0.4, -0.2) is 29.8 Å². The SMILES string of the molecule is C=CCN(Cc1cccs1)C(=O)CCNC(=O)C12CC3CC(CC(C3)C1)C2. The quantitative estimate of drug-likeness (QED) is 0.687. The molecule has 1 heterocycles. The fourth-order valence-corrected chi connectivity index (χ4v) is 6.74. The van der Waals surface area contributed by atoms with E-state index in [2.05, 4.69) is 11.9 Å². The smallest absolute Gasteiger partial charge is 0.226 e. The highest BCUT2D eigenvalue weighted by molar-refractivity contribution is 7.09. The zero-order chi connectivity index (χ0) is 18.9. The van der Waals surface area contributed by atoms with Crippen LogP contribution in [-0.2, 0) is 16.1 Å². The molecule has 27 heavy (non-hydrogen) atoms. The lowest BCUT2D eigenvalue weighted by atomic mass is 9.49. The monoisotopic (exact) mass is 386 g/mol. The predicted octanol–water partition coefficient (Wildman–Crippen LogP) is 3.99. The Kier molecular flexibility index (Phi) is 5.40. The number of nitrogens with zero attached hydrogens (tertiary/aromatic N) is 1. The molecule has 0 atom stereocenters. The first-order chi connectivity index (χ1) is 13.1. The fourth-order valence-electron chi connectivity index (χ4n) is 6.02. The summed E-state index contributed by atoms with van der Waals surface area (Å²) in [6, 6.07) is 4.05. The van der Waals surface area contributed by atoms with Gasteiger partial charge in [-0.25, -0.2) is 0 Å². The van der Waals surface area contributed by atoms with Crippen molar-refractivity contribution in [2.24, 2.45) is 23.2 Å². The van der Waals surface area contributed by atoms with Gasteiger partial charge >= 0.3 is 0 Å². The molecule has 1 aromatic rings. The normalized spacial score (nSPS) is 30.9. The van der Waals surface area contributed by atoms with Gasteiger partial charge in [0.1, 0.15) is 0 Å². The summed E-state index contributed by atoms with van der Waals surface area (Å²) in [5.74, 6) is 2.57. The summed E-state index contributed by atoms with van der Waals surface area (Å²) in [5, 5.41) is 5.14. The van der Waals surface area contributed by atoms with Gasteiger partial charge in [-0.2, -0.15) is 0 Å². The van der Waals surface area contributed by atoms with Crippen LogP contribution >= 0.6 is 11.3 Å². The van der Waals surface area contributed by atoms with E-state index in [1.165, 1.54) is 24.1 Å². The van der Waals surface area contributed by atoms with E-state index in [1.54, 1.807) is 17.4 Å². The molecular formula is C22H30N2O2S. The molecule has 0 aromatic carbocycles. The maximum absolute atomic E-state index is 13.0. The van der Waals surface area contributed by atoms with Gasteiger partial charge in [-0.1, -0.05) is 12.1 Å². The second-order valence-corrected chi connectivity index (χ2v) is 9.88. The maximum atomic E-state index is 13.0. The molecule has 146 valence electrons. The summed E-state index contributed by atoms with van der Waals surface area (Å²) >= 11 is 1.66. The molecule has 2 amide bonds. The van der Waals surface area contributed by atoms with Crippen LogP contribution in [0.5, 0.6) is 0 Å². The van der Waals surface area contributed by atoms with E-state index >= 15 is 0 Å². The van der Waals surface area contributed by atoms with Gasteiger partial charge in [0.05, 0.1) is 6.54 Å². The van der Waals surface area contributed by atoms with Crippen LogP contribution in [0.3, 0.4) is 0 Å². The molecule has 4 bridgehead atoms. The molecular weight excluding hydrogens is 356 g/mol. The Bertz CT molecular complexity index is 662. The molecule has 4 nitrogen and oxygen atoms in total. The number of hydrogen-bond acceptors (Lipinski definition) is 3. The average molecular weight is 387 g/mol. The van der Waals surface area contributed by atoms with Crippen molar-refractivity contribution in [1.29, 1.82) is 0 Å². The fraction of sp³-hybridized carbons (Fsp3) is 0.636. The van der Waals surface area contributed by atoms with Gasteiger partial charge in [-0.3, -0.25) is 9.59 Å². The first-order valence-corrected chi connectivity index (χ1v) is 11.2. The third-order valence-corrected chi connectivity index (χ3v) is 7.63. The number of nitrogens with one attached hydrogen (secondary N) is 1. The zero-order valence-corrected chi connectivity index (χ0v) is 16.8. The Hall–Kier alpha value is -1.62. The lowest BCUT2D eigenvalue weighted by Crippen LogP contribution is -2.53. The van der Waals surface area contributed by atoms with Crippen molar-refractivity contribution >= 4 is 23.2 Å². The molecule has 0 unspecified atom stereocenters. The summed E-state index contributed by atoms with van der Waals surface area (Å²) in [5.41, 5.74) is -0.129. The minimum absolute atomic E-state index is 0.0779. The highest BCUT2D eigenvalue weighted by Gasteiger charge is 2.54. The summed E-state index contributed by atoms with van der Waals surface area (Å²) in [6.07, 6.45) is 9.34. The van der Waals surface area contributed by atoms with Crippen molar-refractivity contribution in [3.8, 4) is 0 Å². The number of carbonyl (C=O) groups is 2. The minimum atomic E-state index is -0.129. The van der Waals surface area contributed by atoms with Gasteiger partial charge in [0.25, 0.3) is 0 Å². The van der Waals surface area contributed by atoms with Crippen molar-refractivity contribution in [3.05, 3.63) is 35.0 Å². The third kappa shape index (κ3) is 3.98. The van der Waals surface area contributed by atoms with Gasteiger partial charge < -0.3 is 10.2 Å². The molecule has 1 N–H and O–H groups in total. The van der Waals surface area contributed by atoms with Gasteiger partial charge in [0.15, 0.2) is 0 Å². The van der Waals surface area contributed by atoms with Crippen LogP contribution in [0.4, 0.5) is 0 Å². The van der Waals surface area contributed by atoms with Crippen molar-refractivity contribution in [2.45, 2.75) is 51.5 Å². The van der Waals surface area contributed by atoms with Crippen molar-refractivity contribution in [1.82, 2.24) is 10.2 Å². The topological polar surface area (TPSA) is 49.4 Å². The van der Waals surface area contributed by atoms with E-state index < -0.39 is 0 Å². The lowest BCUT2D eigenvalue weighted by molar-refractivity contribution is -0.146. The Morgan fingerprint density at radius 3 is 2.44 bits per heavy atom. The second kappa shape index (κ2) is 7.78. The number of carbonyl (C=O) groups excluding carboxylic acids is 2. The standard InChI is InChI=1S/C22H30N2O2S/c1-2-7-24(15-19-4-3-8-27-19)20(25)5-6-23-21(26)22-12-16-9-17(13-22)11-18(10-16)14-22/h2-4,8,16-18H,1,5-7,9-15H2,(H,23,26). The zero-order valence-electron chi connectivity index (χ0n) is 16.0. The maximum Gasteiger partial charge on any atom is 0.226 e. The molecule has 0 aliphatic heterocycles.